The van der Waals surface area contributed by atoms with E-state index in [9.17, 15) is 22.0 Å². The van der Waals surface area contributed by atoms with E-state index in [1.807, 2.05) is 0 Å². The highest BCUT2D eigenvalue weighted by Crippen LogP contribution is 2.30. The molecule has 1 unspecified atom stereocenters. The molecule has 0 heterocycles. The van der Waals surface area contributed by atoms with Gasteiger partial charge in [0.15, 0.2) is 23.3 Å². The molecular weight excluding hydrogens is 267 g/mol. The van der Waals surface area contributed by atoms with E-state index >= 15 is 0 Å². The summed E-state index contributed by atoms with van der Waals surface area (Å²) in [6.45, 7) is 5.26. The van der Waals surface area contributed by atoms with Crippen LogP contribution in [0, 0.1) is 29.1 Å². The molecule has 7 heteroatoms. The SMILES string of the molecule is C=C(C)CCC(NN)c1c(F)c(F)c(F)c(F)c1F. The smallest absolute Gasteiger partial charge is 0.200 e. The quantitative estimate of drug-likeness (QED) is 0.217. The van der Waals surface area contributed by atoms with Crippen LogP contribution in [0.4, 0.5) is 22.0 Å². The largest absolute Gasteiger partial charge is 0.271 e. The summed E-state index contributed by atoms with van der Waals surface area (Å²) in [6.07, 6.45) is 0.387. The Morgan fingerprint density at radius 3 is 1.84 bits per heavy atom. The fraction of sp³-hybridized carbons (Fsp3) is 0.333. The standard InChI is InChI=1S/C12H13F5N2/c1-5(2)3-4-6(19-18)7-8(13)10(15)12(17)11(16)9(7)14/h6,19H,1,3-4,18H2,2H3. The molecule has 0 amide bonds. The predicted octanol–water partition coefficient (Wildman–Crippen LogP) is 3.24. The maximum absolute atomic E-state index is 13.5. The maximum Gasteiger partial charge on any atom is 0.200 e. The molecule has 0 radical (unpaired) electrons. The van der Waals surface area contributed by atoms with Gasteiger partial charge >= 0.3 is 0 Å². The van der Waals surface area contributed by atoms with Gasteiger partial charge in [0.2, 0.25) is 5.82 Å². The highest BCUT2D eigenvalue weighted by molar-refractivity contribution is 5.27. The average molecular weight is 280 g/mol. The van der Waals surface area contributed by atoms with E-state index < -0.39 is 40.7 Å². The van der Waals surface area contributed by atoms with Crippen molar-refractivity contribution in [3.05, 3.63) is 46.8 Å². The molecule has 0 aliphatic heterocycles. The summed E-state index contributed by atoms with van der Waals surface area (Å²) in [6, 6.07) is -1.19. The summed E-state index contributed by atoms with van der Waals surface area (Å²) in [5.41, 5.74) is 1.79. The third-order valence-corrected chi connectivity index (χ3v) is 2.65. The van der Waals surface area contributed by atoms with Crippen LogP contribution < -0.4 is 11.3 Å². The van der Waals surface area contributed by atoms with Crippen LogP contribution in [0.15, 0.2) is 12.2 Å². The molecule has 0 aromatic heterocycles. The molecule has 0 bridgehead atoms. The van der Waals surface area contributed by atoms with Gasteiger partial charge in [-0.1, -0.05) is 5.57 Å². The zero-order valence-electron chi connectivity index (χ0n) is 10.2. The molecular formula is C12H13F5N2. The molecule has 1 rings (SSSR count). The number of nitrogens with one attached hydrogen (secondary N) is 1. The number of hydrogen-bond acceptors (Lipinski definition) is 2. The van der Waals surface area contributed by atoms with Gasteiger partial charge in [-0.25, -0.2) is 22.0 Å². The van der Waals surface area contributed by atoms with Gasteiger partial charge < -0.3 is 0 Å². The molecule has 2 nitrogen and oxygen atoms in total. The number of rotatable bonds is 5. The first-order chi connectivity index (χ1) is 8.81. The number of hydrazine groups is 1. The second kappa shape index (κ2) is 6.12. The summed E-state index contributed by atoms with van der Waals surface area (Å²) in [5, 5.41) is 0. The number of halogens is 5. The Labute approximate surface area is 107 Å². The van der Waals surface area contributed by atoms with E-state index in [-0.39, 0.29) is 6.42 Å². The van der Waals surface area contributed by atoms with Gasteiger partial charge in [-0.3, -0.25) is 11.3 Å². The second-order valence-electron chi connectivity index (χ2n) is 4.20. The van der Waals surface area contributed by atoms with Crippen LogP contribution in [0.2, 0.25) is 0 Å². The third kappa shape index (κ3) is 3.10. The lowest BCUT2D eigenvalue weighted by molar-refractivity contribution is 0.352. The van der Waals surface area contributed by atoms with E-state index in [0.29, 0.717) is 12.0 Å². The molecule has 19 heavy (non-hydrogen) atoms. The number of nitrogens with two attached hydrogens (primary N) is 1. The lowest BCUT2D eigenvalue weighted by Crippen LogP contribution is -2.30. The van der Waals surface area contributed by atoms with Gasteiger partial charge in [-0.05, 0) is 19.8 Å². The lowest BCUT2D eigenvalue weighted by atomic mass is 9.98. The fourth-order valence-corrected chi connectivity index (χ4v) is 1.63. The average Bonchev–Trinajstić information content (AvgIpc) is 2.37. The Kier molecular flexibility index (Phi) is 5.02. The van der Waals surface area contributed by atoms with Gasteiger partial charge in [0.05, 0.1) is 6.04 Å². The van der Waals surface area contributed by atoms with Crippen LogP contribution in [0.25, 0.3) is 0 Å². The number of allylic oxidation sites excluding steroid dienone is 1. The fourth-order valence-electron chi connectivity index (χ4n) is 1.63. The normalized spacial score (nSPS) is 12.6. The van der Waals surface area contributed by atoms with Crippen molar-refractivity contribution in [2.45, 2.75) is 25.8 Å². The molecule has 0 saturated carbocycles. The minimum absolute atomic E-state index is 0.0597. The van der Waals surface area contributed by atoms with Crippen molar-refractivity contribution >= 4 is 0 Å². The molecule has 3 N–H and O–H groups in total. The molecule has 0 aliphatic carbocycles. The molecule has 0 saturated heterocycles. The summed E-state index contributed by atoms with van der Waals surface area (Å²) < 4.78 is 66.0. The predicted molar refractivity (Wildman–Crippen MR) is 60.3 cm³/mol. The van der Waals surface area contributed by atoms with Crippen LogP contribution in [0.3, 0.4) is 0 Å². The topological polar surface area (TPSA) is 38.0 Å². The van der Waals surface area contributed by atoms with E-state index in [1.54, 1.807) is 6.92 Å². The van der Waals surface area contributed by atoms with Crippen molar-refractivity contribution < 1.29 is 22.0 Å². The van der Waals surface area contributed by atoms with Crippen LogP contribution in [0.5, 0.6) is 0 Å². The maximum atomic E-state index is 13.5. The van der Waals surface area contributed by atoms with Gasteiger partial charge in [0.1, 0.15) is 0 Å². The van der Waals surface area contributed by atoms with Crippen molar-refractivity contribution in [2.75, 3.05) is 0 Å². The number of benzene rings is 1. The second-order valence-corrected chi connectivity index (χ2v) is 4.20. The van der Waals surface area contributed by atoms with Crippen molar-refractivity contribution in [1.29, 1.82) is 0 Å². The van der Waals surface area contributed by atoms with Crippen molar-refractivity contribution in [3.8, 4) is 0 Å². The Morgan fingerprint density at radius 2 is 1.47 bits per heavy atom. The molecule has 1 aromatic carbocycles. The van der Waals surface area contributed by atoms with E-state index in [0.717, 1.165) is 0 Å². The monoisotopic (exact) mass is 280 g/mol. The molecule has 0 aliphatic rings. The minimum Gasteiger partial charge on any atom is -0.271 e. The Morgan fingerprint density at radius 1 is 1.05 bits per heavy atom. The third-order valence-electron chi connectivity index (χ3n) is 2.65. The summed E-state index contributed by atoms with van der Waals surface area (Å²) >= 11 is 0. The van der Waals surface area contributed by atoms with E-state index in [1.165, 1.54) is 0 Å². The molecule has 0 fully saturated rings. The molecule has 1 atom stereocenters. The molecule has 0 spiro atoms. The summed E-state index contributed by atoms with van der Waals surface area (Å²) in [4.78, 5) is 0. The van der Waals surface area contributed by atoms with Gasteiger partial charge in [-0.2, -0.15) is 0 Å². The van der Waals surface area contributed by atoms with Crippen LogP contribution in [-0.2, 0) is 0 Å². The van der Waals surface area contributed by atoms with E-state index in [4.69, 9.17) is 5.84 Å². The first-order valence-corrected chi connectivity index (χ1v) is 5.43. The van der Waals surface area contributed by atoms with Crippen LogP contribution >= 0.6 is 0 Å². The van der Waals surface area contributed by atoms with Crippen LogP contribution in [0.1, 0.15) is 31.4 Å². The summed E-state index contributed by atoms with van der Waals surface area (Å²) in [7, 11) is 0. The Hall–Kier alpha value is -1.47. The Balaban J connectivity index is 3.27. The first-order valence-electron chi connectivity index (χ1n) is 5.43. The highest BCUT2D eigenvalue weighted by atomic mass is 19.2. The van der Waals surface area contributed by atoms with Gasteiger partial charge in [0, 0.05) is 5.56 Å². The van der Waals surface area contributed by atoms with Crippen molar-refractivity contribution in [3.63, 3.8) is 0 Å². The highest BCUT2D eigenvalue weighted by Gasteiger charge is 2.29. The first kappa shape index (κ1) is 15.6. The van der Waals surface area contributed by atoms with E-state index in [2.05, 4.69) is 12.0 Å². The zero-order valence-corrected chi connectivity index (χ0v) is 10.2. The van der Waals surface area contributed by atoms with Crippen molar-refractivity contribution in [2.24, 2.45) is 5.84 Å². The number of hydrogen-bond donors (Lipinski definition) is 2. The van der Waals surface area contributed by atoms with Gasteiger partial charge in [-0.15, -0.1) is 6.58 Å². The minimum atomic E-state index is -2.19. The van der Waals surface area contributed by atoms with Gasteiger partial charge in [0.25, 0.3) is 0 Å². The molecule has 1 aromatic rings. The van der Waals surface area contributed by atoms with Crippen LogP contribution in [-0.4, -0.2) is 0 Å². The lowest BCUT2D eigenvalue weighted by Gasteiger charge is -2.18. The zero-order chi connectivity index (χ0) is 14.7. The van der Waals surface area contributed by atoms with Crippen molar-refractivity contribution in [1.82, 2.24) is 5.43 Å². The molecule has 106 valence electrons. The summed E-state index contributed by atoms with van der Waals surface area (Å²) in [5.74, 6) is -4.78. The Bertz CT molecular complexity index is 472.